The first-order valence-electron chi connectivity index (χ1n) is 5.37. The van der Waals surface area contributed by atoms with Crippen LogP contribution in [0.15, 0.2) is 46.9 Å². The standard InChI is InChI=1S/C13H9BrClNO3/c14-10-3-6-13(12(7-10)16(17)18)19-8-9-1-4-11(15)5-2-9/h1-7H,8H2. The Morgan fingerprint density at radius 2 is 1.89 bits per heavy atom. The quantitative estimate of drug-likeness (QED) is 0.603. The molecule has 0 atom stereocenters. The minimum atomic E-state index is -0.470. The van der Waals surface area contributed by atoms with Crippen LogP contribution >= 0.6 is 27.5 Å². The Hall–Kier alpha value is -1.59. The third-order valence-corrected chi connectivity index (χ3v) is 3.17. The molecule has 2 aromatic rings. The largest absolute Gasteiger partial charge is 0.482 e. The third-order valence-electron chi connectivity index (χ3n) is 2.43. The molecule has 0 N–H and O–H groups in total. The predicted molar refractivity (Wildman–Crippen MR) is 76.6 cm³/mol. The molecule has 0 fully saturated rings. The highest BCUT2D eigenvalue weighted by Gasteiger charge is 2.15. The molecule has 0 aromatic heterocycles. The maximum Gasteiger partial charge on any atom is 0.312 e. The van der Waals surface area contributed by atoms with Gasteiger partial charge in [-0.05, 0) is 29.8 Å². The molecule has 2 rings (SSSR count). The summed E-state index contributed by atoms with van der Waals surface area (Å²) in [5, 5.41) is 11.6. The molecular formula is C13H9BrClNO3. The first kappa shape index (κ1) is 13.8. The fourth-order valence-corrected chi connectivity index (χ4v) is 1.97. The summed E-state index contributed by atoms with van der Waals surface area (Å²) in [7, 11) is 0. The first-order chi connectivity index (χ1) is 9.06. The monoisotopic (exact) mass is 341 g/mol. The fourth-order valence-electron chi connectivity index (χ4n) is 1.50. The van der Waals surface area contributed by atoms with E-state index in [9.17, 15) is 10.1 Å². The number of hydrogen-bond acceptors (Lipinski definition) is 3. The minimum absolute atomic E-state index is 0.0664. The van der Waals surface area contributed by atoms with E-state index in [1.165, 1.54) is 6.07 Å². The Bertz CT molecular complexity index is 601. The number of nitro groups is 1. The highest BCUT2D eigenvalue weighted by atomic mass is 79.9. The van der Waals surface area contributed by atoms with Gasteiger partial charge in [0, 0.05) is 15.6 Å². The average Bonchev–Trinajstić information content (AvgIpc) is 2.39. The Kier molecular flexibility index (Phi) is 4.39. The van der Waals surface area contributed by atoms with Crippen molar-refractivity contribution in [1.82, 2.24) is 0 Å². The summed E-state index contributed by atoms with van der Waals surface area (Å²) in [6.07, 6.45) is 0. The highest BCUT2D eigenvalue weighted by Crippen LogP contribution is 2.30. The number of ether oxygens (including phenoxy) is 1. The summed E-state index contributed by atoms with van der Waals surface area (Å²) in [6, 6.07) is 11.8. The molecule has 0 saturated heterocycles. The fraction of sp³-hybridized carbons (Fsp3) is 0.0769. The lowest BCUT2D eigenvalue weighted by Gasteiger charge is -2.07. The van der Waals surface area contributed by atoms with Gasteiger partial charge in [0.15, 0.2) is 5.75 Å². The zero-order chi connectivity index (χ0) is 13.8. The van der Waals surface area contributed by atoms with Gasteiger partial charge in [0.05, 0.1) is 4.92 Å². The summed E-state index contributed by atoms with van der Waals surface area (Å²) in [5.41, 5.74) is 0.824. The SMILES string of the molecule is O=[N+]([O-])c1cc(Br)ccc1OCc1ccc(Cl)cc1. The van der Waals surface area contributed by atoms with Gasteiger partial charge < -0.3 is 4.74 Å². The normalized spacial score (nSPS) is 10.2. The van der Waals surface area contributed by atoms with E-state index in [2.05, 4.69) is 15.9 Å². The maximum atomic E-state index is 10.9. The van der Waals surface area contributed by atoms with Gasteiger partial charge in [-0.1, -0.05) is 39.7 Å². The van der Waals surface area contributed by atoms with Crippen LogP contribution in [0.2, 0.25) is 5.02 Å². The van der Waals surface area contributed by atoms with Crippen molar-refractivity contribution in [2.75, 3.05) is 0 Å². The van der Waals surface area contributed by atoms with Gasteiger partial charge in [0.2, 0.25) is 0 Å². The van der Waals surface area contributed by atoms with E-state index in [-0.39, 0.29) is 18.0 Å². The second-order valence-electron chi connectivity index (χ2n) is 3.78. The van der Waals surface area contributed by atoms with E-state index >= 15 is 0 Å². The molecule has 0 heterocycles. The van der Waals surface area contributed by atoms with Crippen molar-refractivity contribution >= 4 is 33.2 Å². The summed E-state index contributed by atoms with van der Waals surface area (Å²) in [6.45, 7) is 0.250. The molecule has 0 unspecified atom stereocenters. The van der Waals surface area contributed by atoms with Gasteiger partial charge >= 0.3 is 5.69 Å². The van der Waals surface area contributed by atoms with Crippen molar-refractivity contribution in [2.45, 2.75) is 6.61 Å². The van der Waals surface area contributed by atoms with E-state index in [4.69, 9.17) is 16.3 Å². The van der Waals surface area contributed by atoms with Gasteiger partial charge in [-0.25, -0.2) is 0 Å². The number of halogens is 2. The summed E-state index contributed by atoms with van der Waals surface area (Å²) in [5.74, 6) is 0.239. The van der Waals surface area contributed by atoms with Crippen LogP contribution in [0, 0.1) is 10.1 Å². The molecule has 0 aliphatic heterocycles. The molecule has 6 heteroatoms. The Balaban J connectivity index is 2.15. The topological polar surface area (TPSA) is 52.4 Å². The van der Waals surface area contributed by atoms with Gasteiger partial charge in [-0.2, -0.15) is 0 Å². The number of nitrogens with zero attached hydrogens (tertiary/aromatic N) is 1. The van der Waals surface area contributed by atoms with Crippen molar-refractivity contribution in [3.8, 4) is 5.75 Å². The van der Waals surface area contributed by atoms with E-state index in [1.807, 2.05) is 12.1 Å². The lowest BCUT2D eigenvalue weighted by Crippen LogP contribution is -1.99. The van der Waals surface area contributed by atoms with Crippen molar-refractivity contribution in [3.05, 3.63) is 67.6 Å². The zero-order valence-corrected chi connectivity index (χ0v) is 12.0. The van der Waals surface area contributed by atoms with Crippen LogP contribution < -0.4 is 4.74 Å². The van der Waals surface area contributed by atoms with Gasteiger partial charge in [-0.15, -0.1) is 0 Å². The van der Waals surface area contributed by atoms with Crippen LogP contribution in [0.25, 0.3) is 0 Å². The molecule has 0 saturated carbocycles. The molecule has 0 aliphatic carbocycles. The van der Waals surface area contributed by atoms with Crippen LogP contribution in [-0.4, -0.2) is 4.92 Å². The summed E-state index contributed by atoms with van der Waals surface area (Å²) in [4.78, 5) is 10.4. The van der Waals surface area contributed by atoms with Crippen molar-refractivity contribution in [2.24, 2.45) is 0 Å². The van der Waals surface area contributed by atoms with E-state index in [1.54, 1.807) is 24.3 Å². The molecule has 4 nitrogen and oxygen atoms in total. The van der Waals surface area contributed by atoms with Crippen molar-refractivity contribution in [1.29, 1.82) is 0 Å². The first-order valence-corrected chi connectivity index (χ1v) is 6.54. The molecule has 2 aromatic carbocycles. The minimum Gasteiger partial charge on any atom is -0.482 e. The lowest BCUT2D eigenvalue weighted by atomic mass is 10.2. The smallest absolute Gasteiger partial charge is 0.312 e. The van der Waals surface area contributed by atoms with Gasteiger partial charge in [-0.3, -0.25) is 10.1 Å². The maximum absolute atomic E-state index is 10.9. The molecule has 0 amide bonds. The lowest BCUT2D eigenvalue weighted by molar-refractivity contribution is -0.386. The van der Waals surface area contributed by atoms with Gasteiger partial charge in [0.1, 0.15) is 6.61 Å². The molecular weight excluding hydrogens is 334 g/mol. The molecule has 0 bridgehead atoms. The van der Waals surface area contributed by atoms with Crippen LogP contribution in [0.4, 0.5) is 5.69 Å². The van der Waals surface area contributed by atoms with Crippen LogP contribution in [0.3, 0.4) is 0 Å². The van der Waals surface area contributed by atoms with Crippen molar-refractivity contribution in [3.63, 3.8) is 0 Å². The zero-order valence-electron chi connectivity index (χ0n) is 9.68. The van der Waals surface area contributed by atoms with Crippen LogP contribution in [-0.2, 0) is 6.61 Å². The van der Waals surface area contributed by atoms with E-state index in [0.717, 1.165) is 5.56 Å². The summed E-state index contributed by atoms with van der Waals surface area (Å²) >= 11 is 8.97. The second kappa shape index (κ2) is 6.04. The Morgan fingerprint density at radius 1 is 1.21 bits per heavy atom. The van der Waals surface area contributed by atoms with Crippen LogP contribution in [0.1, 0.15) is 5.56 Å². The van der Waals surface area contributed by atoms with Crippen LogP contribution in [0.5, 0.6) is 5.75 Å². The Labute approximate surface area is 123 Å². The Morgan fingerprint density at radius 3 is 2.53 bits per heavy atom. The molecule has 0 aliphatic rings. The predicted octanol–water partition coefficient (Wildman–Crippen LogP) is 4.59. The summed E-state index contributed by atoms with van der Waals surface area (Å²) < 4.78 is 6.11. The van der Waals surface area contributed by atoms with E-state index < -0.39 is 4.92 Å². The molecule has 19 heavy (non-hydrogen) atoms. The average molecular weight is 343 g/mol. The molecule has 0 spiro atoms. The second-order valence-corrected chi connectivity index (χ2v) is 5.14. The number of rotatable bonds is 4. The molecule has 0 radical (unpaired) electrons. The van der Waals surface area contributed by atoms with Gasteiger partial charge in [0.25, 0.3) is 0 Å². The number of nitro benzene ring substituents is 1. The number of hydrogen-bond donors (Lipinski definition) is 0. The van der Waals surface area contributed by atoms with E-state index in [0.29, 0.717) is 9.50 Å². The highest BCUT2D eigenvalue weighted by molar-refractivity contribution is 9.10. The third kappa shape index (κ3) is 3.68. The number of benzene rings is 2. The van der Waals surface area contributed by atoms with Crippen molar-refractivity contribution < 1.29 is 9.66 Å². The molecule has 98 valence electrons.